The molecule has 0 radical (unpaired) electrons. The number of fused-ring (bicyclic) bond motifs is 1. The van der Waals surface area contributed by atoms with Gasteiger partial charge in [0.15, 0.2) is 0 Å². The lowest BCUT2D eigenvalue weighted by atomic mass is 9.95. The molecule has 1 aliphatic carbocycles. The zero-order valence-electron chi connectivity index (χ0n) is 6.57. The van der Waals surface area contributed by atoms with Crippen LogP contribution in [-0.2, 0) is 0 Å². The third kappa shape index (κ3) is 1.22. The molecule has 0 amide bonds. The number of allylic oxidation sites excluding steroid dienone is 3. The fourth-order valence-electron chi connectivity index (χ4n) is 1.50. The summed E-state index contributed by atoms with van der Waals surface area (Å²) in [5.41, 5.74) is 1.78. The predicted octanol–water partition coefficient (Wildman–Crippen LogP) is 0.0391. The highest BCUT2D eigenvalue weighted by Gasteiger charge is 2.22. The molecule has 0 aromatic rings. The van der Waals surface area contributed by atoms with Gasteiger partial charge in [-0.05, 0) is 23.6 Å². The van der Waals surface area contributed by atoms with E-state index in [0.717, 1.165) is 17.6 Å². The van der Waals surface area contributed by atoms with Gasteiger partial charge >= 0.3 is 0 Å². The smallest absolute Gasteiger partial charge is 0.133 e. The van der Waals surface area contributed by atoms with E-state index in [0.29, 0.717) is 0 Å². The quantitative estimate of drug-likeness (QED) is 0.475. The van der Waals surface area contributed by atoms with Crippen LogP contribution in [0.4, 0.5) is 0 Å². The second kappa shape index (κ2) is 2.86. The lowest BCUT2D eigenvalue weighted by molar-refractivity contribution is 0.0820. The summed E-state index contributed by atoms with van der Waals surface area (Å²) in [6.07, 6.45) is 6.94. The van der Waals surface area contributed by atoms with Crippen LogP contribution in [0, 0.1) is 0 Å². The van der Waals surface area contributed by atoms with Crippen LogP contribution < -0.4 is 5.32 Å². The molecular formula is C9H11NO2. The van der Waals surface area contributed by atoms with Crippen molar-refractivity contribution >= 4 is 0 Å². The summed E-state index contributed by atoms with van der Waals surface area (Å²) >= 11 is 0. The predicted molar refractivity (Wildman–Crippen MR) is 45.1 cm³/mol. The van der Waals surface area contributed by atoms with Gasteiger partial charge in [-0.2, -0.15) is 0 Å². The zero-order chi connectivity index (χ0) is 8.55. The van der Waals surface area contributed by atoms with Crippen molar-refractivity contribution in [3.05, 3.63) is 35.5 Å². The first-order chi connectivity index (χ1) is 5.77. The van der Waals surface area contributed by atoms with Crippen molar-refractivity contribution < 1.29 is 10.2 Å². The van der Waals surface area contributed by atoms with Crippen molar-refractivity contribution in [2.75, 3.05) is 0 Å². The average Bonchev–Trinajstić information content (AvgIpc) is 2.04. The summed E-state index contributed by atoms with van der Waals surface area (Å²) < 4.78 is 0. The highest BCUT2D eigenvalue weighted by atomic mass is 16.3. The topological polar surface area (TPSA) is 52.5 Å². The lowest BCUT2D eigenvalue weighted by Crippen LogP contribution is -2.42. The van der Waals surface area contributed by atoms with Gasteiger partial charge in [-0.15, -0.1) is 0 Å². The Kier molecular flexibility index (Phi) is 1.84. The summed E-state index contributed by atoms with van der Waals surface area (Å²) in [6.45, 7) is 0. The van der Waals surface area contributed by atoms with Crippen molar-refractivity contribution in [1.29, 1.82) is 0 Å². The third-order valence-electron chi connectivity index (χ3n) is 2.07. The van der Waals surface area contributed by atoms with Crippen LogP contribution in [0.5, 0.6) is 0 Å². The summed E-state index contributed by atoms with van der Waals surface area (Å²) in [5, 5.41) is 21.3. The van der Waals surface area contributed by atoms with Crippen LogP contribution in [0.3, 0.4) is 0 Å². The van der Waals surface area contributed by atoms with E-state index in [2.05, 4.69) is 5.32 Å². The number of aliphatic hydroxyl groups is 2. The van der Waals surface area contributed by atoms with Gasteiger partial charge in [0.25, 0.3) is 0 Å². The van der Waals surface area contributed by atoms with E-state index in [1.54, 1.807) is 6.08 Å². The molecule has 64 valence electrons. The van der Waals surface area contributed by atoms with Gasteiger partial charge in [-0.1, -0.05) is 18.2 Å². The molecule has 0 aromatic heterocycles. The van der Waals surface area contributed by atoms with Crippen molar-refractivity contribution in [2.45, 2.75) is 18.9 Å². The molecular weight excluding hydrogens is 154 g/mol. The Labute approximate surface area is 70.7 Å². The molecule has 1 aliphatic heterocycles. The van der Waals surface area contributed by atoms with Gasteiger partial charge in [-0.3, -0.25) is 5.32 Å². The van der Waals surface area contributed by atoms with E-state index >= 15 is 0 Å². The molecule has 0 spiro atoms. The summed E-state index contributed by atoms with van der Waals surface area (Å²) in [7, 11) is 0. The van der Waals surface area contributed by atoms with Crippen LogP contribution in [0.15, 0.2) is 35.5 Å². The Morgan fingerprint density at radius 3 is 3.08 bits per heavy atom. The molecule has 0 bridgehead atoms. The molecule has 3 nitrogen and oxygen atoms in total. The molecule has 2 atom stereocenters. The van der Waals surface area contributed by atoms with Gasteiger partial charge in [0.1, 0.15) is 12.5 Å². The first-order valence-corrected chi connectivity index (χ1v) is 3.98. The molecule has 12 heavy (non-hydrogen) atoms. The van der Waals surface area contributed by atoms with Crippen LogP contribution in [0.25, 0.3) is 0 Å². The molecule has 0 saturated carbocycles. The maximum atomic E-state index is 9.46. The largest absolute Gasteiger partial charge is 0.375 e. The van der Waals surface area contributed by atoms with Crippen molar-refractivity contribution in [3.8, 4) is 0 Å². The van der Waals surface area contributed by atoms with Gasteiger partial charge in [0, 0.05) is 0 Å². The average molecular weight is 165 g/mol. The van der Waals surface area contributed by atoms with E-state index in [1.807, 2.05) is 18.2 Å². The first kappa shape index (κ1) is 7.73. The second-order valence-electron chi connectivity index (χ2n) is 2.93. The highest BCUT2D eigenvalue weighted by molar-refractivity contribution is 5.47. The van der Waals surface area contributed by atoms with Gasteiger partial charge < -0.3 is 10.2 Å². The molecule has 1 heterocycles. The van der Waals surface area contributed by atoms with E-state index in [4.69, 9.17) is 0 Å². The van der Waals surface area contributed by atoms with Crippen LogP contribution in [-0.4, -0.2) is 22.7 Å². The molecule has 0 saturated heterocycles. The normalized spacial score (nSPS) is 33.8. The number of hydrogen-bond donors (Lipinski definition) is 3. The second-order valence-corrected chi connectivity index (χ2v) is 2.93. The molecule has 2 rings (SSSR count). The van der Waals surface area contributed by atoms with E-state index < -0.39 is 12.5 Å². The summed E-state index contributed by atoms with van der Waals surface area (Å²) in [5.74, 6) is 0. The Balaban J connectivity index is 2.35. The molecule has 3 N–H and O–H groups in total. The highest BCUT2D eigenvalue weighted by Crippen LogP contribution is 2.23. The molecule has 3 heteroatoms. The van der Waals surface area contributed by atoms with Gasteiger partial charge in [0.2, 0.25) is 0 Å². The fourth-order valence-corrected chi connectivity index (χ4v) is 1.50. The maximum Gasteiger partial charge on any atom is 0.133 e. The Morgan fingerprint density at radius 1 is 1.42 bits per heavy atom. The van der Waals surface area contributed by atoms with E-state index in [-0.39, 0.29) is 0 Å². The van der Waals surface area contributed by atoms with Crippen LogP contribution >= 0.6 is 0 Å². The third-order valence-corrected chi connectivity index (χ3v) is 2.07. The van der Waals surface area contributed by atoms with E-state index in [9.17, 15) is 10.2 Å². The minimum atomic E-state index is -0.741. The standard InChI is InChI=1S/C9H11NO2/c11-8-5-6-3-1-2-4-7(6)9(12)10-8/h1,3-5,8-12H,2H2. The summed E-state index contributed by atoms with van der Waals surface area (Å²) in [4.78, 5) is 0. The molecule has 2 unspecified atom stereocenters. The zero-order valence-corrected chi connectivity index (χ0v) is 6.57. The first-order valence-electron chi connectivity index (χ1n) is 3.98. The molecule has 0 fully saturated rings. The van der Waals surface area contributed by atoms with Crippen molar-refractivity contribution in [1.82, 2.24) is 5.32 Å². The monoisotopic (exact) mass is 165 g/mol. The minimum absolute atomic E-state index is 0.732. The van der Waals surface area contributed by atoms with Crippen LogP contribution in [0.2, 0.25) is 0 Å². The van der Waals surface area contributed by atoms with Crippen molar-refractivity contribution in [2.24, 2.45) is 0 Å². The number of rotatable bonds is 0. The minimum Gasteiger partial charge on any atom is -0.375 e. The molecule has 0 aromatic carbocycles. The summed E-state index contributed by atoms with van der Waals surface area (Å²) in [6, 6.07) is 0. The van der Waals surface area contributed by atoms with Gasteiger partial charge in [0.05, 0.1) is 0 Å². The maximum absolute atomic E-state index is 9.46. The SMILES string of the molecule is OC1C=C2C=CCC=C2C(O)N1. The van der Waals surface area contributed by atoms with Gasteiger partial charge in [-0.25, -0.2) is 0 Å². The number of hydrogen-bond acceptors (Lipinski definition) is 3. The lowest BCUT2D eigenvalue weighted by Gasteiger charge is -2.27. The Bertz CT molecular complexity index is 278. The number of aliphatic hydroxyl groups excluding tert-OH is 2. The Hall–Kier alpha value is -0.900. The Morgan fingerprint density at radius 2 is 2.25 bits per heavy atom. The van der Waals surface area contributed by atoms with Crippen molar-refractivity contribution in [3.63, 3.8) is 0 Å². The number of nitrogens with one attached hydrogen (secondary N) is 1. The van der Waals surface area contributed by atoms with E-state index in [1.165, 1.54) is 0 Å². The molecule has 2 aliphatic rings. The fraction of sp³-hybridized carbons (Fsp3) is 0.333. The van der Waals surface area contributed by atoms with Crippen LogP contribution in [0.1, 0.15) is 6.42 Å².